The first-order valence-electron chi connectivity index (χ1n) is 6.84. The minimum atomic E-state index is -3.78. The predicted molar refractivity (Wildman–Crippen MR) is 75.7 cm³/mol. The fourth-order valence-corrected chi connectivity index (χ4v) is 2.82. The molecule has 3 N–H and O–H groups in total. The van der Waals surface area contributed by atoms with Crippen molar-refractivity contribution >= 4 is 15.9 Å². The van der Waals surface area contributed by atoms with Crippen molar-refractivity contribution in [1.82, 2.24) is 9.88 Å². The van der Waals surface area contributed by atoms with Gasteiger partial charge in [-0.1, -0.05) is 6.92 Å². The van der Waals surface area contributed by atoms with Crippen LogP contribution in [-0.4, -0.2) is 25.4 Å². The molecule has 2 rings (SSSR count). The summed E-state index contributed by atoms with van der Waals surface area (Å²) in [5, 5.41) is 7.96. The number of carbonyl (C=O) groups excluding carboxylic acids is 1. The van der Waals surface area contributed by atoms with Gasteiger partial charge in [-0.3, -0.25) is 4.79 Å². The Kier molecular flexibility index (Phi) is 4.19. The molecule has 0 aliphatic heterocycles. The van der Waals surface area contributed by atoms with Crippen molar-refractivity contribution in [3.63, 3.8) is 0 Å². The summed E-state index contributed by atoms with van der Waals surface area (Å²) in [5.74, 6) is 0.921. The zero-order valence-electron chi connectivity index (χ0n) is 11.8. The Morgan fingerprint density at radius 2 is 2.20 bits per heavy atom. The number of sulfonamides is 1. The van der Waals surface area contributed by atoms with E-state index in [2.05, 4.69) is 12.2 Å². The maximum atomic E-state index is 12.1. The van der Waals surface area contributed by atoms with E-state index in [4.69, 9.17) is 5.14 Å². The number of hydrogen-bond donors (Lipinski definition) is 2. The summed E-state index contributed by atoms with van der Waals surface area (Å²) in [4.78, 5) is 12.1. The van der Waals surface area contributed by atoms with Gasteiger partial charge in [0.25, 0.3) is 5.91 Å². The minimum Gasteiger partial charge on any atom is -0.350 e. The zero-order valence-corrected chi connectivity index (χ0v) is 12.6. The molecule has 1 saturated carbocycles. The molecule has 1 aromatic rings. The van der Waals surface area contributed by atoms with Crippen LogP contribution in [0, 0.1) is 11.8 Å². The lowest BCUT2D eigenvalue weighted by Gasteiger charge is -2.12. The quantitative estimate of drug-likeness (QED) is 0.818. The second kappa shape index (κ2) is 5.57. The highest BCUT2D eigenvalue weighted by molar-refractivity contribution is 7.89. The Morgan fingerprint density at radius 3 is 2.70 bits per heavy atom. The fourth-order valence-electron chi connectivity index (χ4n) is 2.27. The summed E-state index contributed by atoms with van der Waals surface area (Å²) >= 11 is 0. The Hall–Kier alpha value is -1.34. The number of aromatic nitrogens is 1. The number of nitrogens with two attached hydrogens (primary N) is 1. The number of nitrogens with zero attached hydrogens (tertiary/aromatic N) is 1. The maximum absolute atomic E-state index is 12.1. The van der Waals surface area contributed by atoms with E-state index in [1.54, 1.807) is 4.57 Å². The summed E-state index contributed by atoms with van der Waals surface area (Å²) < 4.78 is 24.3. The standard InChI is InChI=1S/C13H21N3O3S/c1-3-16-8-11(20(14,18)19)6-12(16)13(17)15-7-9(2)10-4-5-10/h6,8-10H,3-5,7H2,1-2H3,(H,15,17)(H2,14,18,19). The first kappa shape index (κ1) is 15.1. The van der Waals surface area contributed by atoms with Gasteiger partial charge in [-0.25, -0.2) is 13.6 Å². The normalized spacial score (nSPS) is 16.9. The van der Waals surface area contributed by atoms with Crippen molar-refractivity contribution in [3.05, 3.63) is 18.0 Å². The molecular formula is C13H21N3O3S. The van der Waals surface area contributed by atoms with Gasteiger partial charge in [-0.05, 0) is 37.7 Å². The highest BCUT2D eigenvalue weighted by Gasteiger charge is 2.28. The van der Waals surface area contributed by atoms with E-state index in [-0.39, 0.29) is 10.8 Å². The van der Waals surface area contributed by atoms with Crippen molar-refractivity contribution in [2.45, 2.75) is 38.1 Å². The molecule has 20 heavy (non-hydrogen) atoms. The van der Waals surface area contributed by atoms with E-state index in [1.165, 1.54) is 25.1 Å². The van der Waals surface area contributed by atoms with Gasteiger partial charge in [-0.15, -0.1) is 0 Å². The molecule has 112 valence electrons. The van der Waals surface area contributed by atoms with Crippen LogP contribution in [-0.2, 0) is 16.6 Å². The molecule has 1 heterocycles. The predicted octanol–water partition coefficient (Wildman–Crippen LogP) is 0.931. The molecule has 0 aromatic carbocycles. The van der Waals surface area contributed by atoms with Crippen molar-refractivity contribution in [2.75, 3.05) is 6.54 Å². The highest BCUT2D eigenvalue weighted by Crippen LogP contribution is 2.36. The van der Waals surface area contributed by atoms with E-state index in [9.17, 15) is 13.2 Å². The van der Waals surface area contributed by atoms with Crippen LogP contribution in [0.5, 0.6) is 0 Å². The second-order valence-corrected chi connectivity index (χ2v) is 6.98. The molecule has 0 spiro atoms. The van der Waals surface area contributed by atoms with Gasteiger partial charge in [0, 0.05) is 19.3 Å². The largest absolute Gasteiger partial charge is 0.350 e. The molecule has 1 unspecified atom stereocenters. The Morgan fingerprint density at radius 1 is 1.55 bits per heavy atom. The smallest absolute Gasteiger partial charge is 0.267 e. The molecule has 0 bridgehead atoms. The van der Waals surface area contributed by atoms with Crippen molar-refractivity contribution in [1.29, 1.82) is 0 Å². The van der Waals surface area contributed by atoms with Crippen molar-refractivity contribution in [3.8, 4) is 0 Å². The first-order chi connectivity index (χ1) is 9.32. The Bertz CT molecular complexity index is 602. The molecule has 7 heteroatoms. The van der Waals surface area contributed by atoms with Crippen LogP contribution in [0.3, 0.4) is 0 Å². The molecular weight excluding hydrogens is 278 g/mol. The van der Waals surface area contributed by atoms with E-state index in [0.29, 0.717) is 30.6 Å². The molecule has 0 radical (unpaired) electrons. The van der Waals surface area contributed by atoms with E-state index < -0.39 is 10.0 Å². The zero-order chi connectivity index (χ0) is 14.9. The lowest BCUT2D eigenvalue weighted by molar-refractivity contribution is 0.0937. The van der Waals surface area contributed by atoms with Gasteiger partial charge >= 0.3 is 0 Å². The number of aryl methyl sites for hydroxylation is 1. The average Bonchev–Trinajstić information content (AvgIpc) is 3.12. The van der Waals surface area contributed by atoms with Gasteiger partial charge in [-0.2, -0.15) is 0 Å². The maximum Gasteiger partial charge on any atom is 0.267 e. The molecule has 1 aliphatic rings. The van der Waals surface area contributed by atoms with Gasteiger partial charge in [0.15, 0.2) is 0 Å². The monoisotopic (exact) mass is 299 g/mol. The molecule has 1 fully saturated rings. The minimum absolute atomic E-state index is 0.0280. The SMILES string of the molecule is CCn1cc(S(N)(=O)=O)cc1C(=O)NCC(C)C1CC1. The van der Waals surface area contributed by atoms with Crippen LogP contribution in [0.4, 0.5) is 0 Å². The number of carbonyl (C=O) groups is 1. The lowest BCUT2D eigenvalue weighted by atomic mass is 10.1. The Labute approximate surface area is 119 Å². The van der Waals surface area contributed by atoms with Gasteiger partial charge in [0.1, 0.15) is 10.6 Å². The average molecular weight is 299 g/mol. The second-order valence-electron chi connectivity index (χ2n) is 5.42. The van der Waals surface area contributed by atoms with Gasteiger partial charge in [0.2, 0.25) is 10.0 Å². The Balaban J connectivity index is 2.10. The van der Waals surface area contributed by atoms with Gasteiger partial charge in [0.05, 0.1) is 0 Å². The van der Waals surface area contributed by atoms with E-state index in [1.807, 2.05) is 6.92 Å². The lowest BCUT2D eigenvalue weighted by Crippen LogP contribution is -2.30. The molecule has 1 aliphatic carbocycles. The van der Waals surface area contributed by atoms with Crippen LogP contribution in [0.2, 0.25) is 0 Å². The topological polar surface area (TPSA) is 94.2 Å². The van der Waals surface area contributed by atoms with E-state index in [0.717, 1.165) is 0 Å². The van der Waals surface area contributed by atoms with Crippen LogP contribution < -0.4 is 10.5 Å². The number of amides is 1. The number of rotatable bonds is 6. The fraction of sp³-hybridized carbons (Fsp3) is 0.615. The van der Waals surface area contributed by atoms with Crippen LogP contribution in [0.1, 0.15) is 37.2 Å². The summed E-state index contributed by atoms with van der Waals surface area (Å²) in [7, 11) is -3.78. The van der Waals surface area contributed by atoms with E-state index >= 15 is 0 Å². The third-order valence-electron chi connectivity index (χ3n) is 3.78. The number of nitrogens with one attached hydrogen (secondary N) is 1. The van der Waals surface area contributed by atoms with Gasteiger partial charge < -0.3 is 9.88 Å². The summed E-state index contributed by atoms with van der Waals surface area (Å²) in [6.07, 6.45) is 3.87. The van der Waals surface area contributed by atoms with Crippen molar-refractivity contribution < 1.29 is 13.2 Å². The summed E-state index contributed by atoms with van der Waals surface area (Å²) in [6.45, 7) is 5.09. The van der Waals surface area contributed by atoms with Crippen LogP contribution in [0.15, 0.2) is 17.2 Å². The van der Waals surface area contributed by atoms with Crippen LogP contribution >= 0.6 is 0 Å². The molecule has 1 atom stereocenters. The summed E-state index contributed by atoms with van der Waals surface area (Å²) in [5.41, 5.74) is 0.333. The van der Waals surface area contributed by atoms with Crippen LogP contribution in [0.25, 0.3) is 0 Å². The third kappa shape index (κ3) is 3.40. The number of primary sulfonamides is 1. The summed E-state index contributed by atoms with van der Waals surface area (Å²) in [6, 6.07) is 1.33. The molecule has 1 aromatic heterocycles. The third-order valence-corrected chi connectivity index (χ3v) is 4.67. The number of hydrogen-bond acceptors (Lipinski definition) is 3. The molecule has 0 saturated heterocycles. The first-order valence-corrected chi connectivity index (χ1v) is 8.38. The van der Waals surface area contributed by atoms with Crippen molar-refractivity contribution in [2.24, 2.45) is 17.0 Å². The molecule has 6 nitrogen and oxygen atoms in total. The molecule has 1 amide bonds. The highest BCUT2D eigenvalue weighted by atomic mass is 32.2.